The largest absolute Gasteiger partial charge is 0.348 e. The molecule has 34 heavy (non-hydrogen) atoms. The molecule has 0 bridgehead atoms. The Morgan fingerprint density at radius 3 is 2.29 bits per heavy atom. The van der Waals surface area contributed by atoms with E-state index in [-0.39, 0.29) is 47.8 Å². The van der Waals surface area contributed by atoms with Crippen LogP contribution in [-0.4, -0.2) is 68.1 Å². The van der Waals surface area contributed by atoms with Gasteiger partial charge in [-0.25, -0.2) is 8.42 Å². The predicted molar refractivity (Wildman–Crippen MR) is 127 cm³/mol. The lowest BCUT2D eigenvalue weighted by Crippen LogP contribution is -2.49. The molecule has 0 atom stereocenters. The third-order valence-electron chi connectivity index (χ3n) is 6.19. The average molecular weight is 485 g/mol. The first-order valence-electron chi connectivity index (χ1n) is 11.3. The Hall–Kier alpha value is -3.24. The van der Waals surface area contributed by atoms with Crippen molar-refractivity contribution in [3.8, 4) is 0 Å². The zero-order chi connectivity index (χ0) is 24.3. The Kier molecular flexibility index (Phi) is 6.99. The average Bonchev–Trinajstić information content (AvgIpc) is 3.28. The highest BCUT2D eigenvalue weighted by Gasteiger charge is 2.29. The van der Waals surface area contributed by atoms with Crippen molar-refractivity contribution >= 4 is 33.4 Å². The third kappa shape index (κ3) is 5.13. The standard InChI is InChI=1S/C24H28N4O5S/c1-18(29)26-12-14-27(15-13-26)34(32,33)22-5-2-4-20(16-22)24(31)25-17-19-7-9-21(10-8-19)28-11-3-6-23(28)30/h2,4-5,7-10,16H,3,6,11-15,17H2,1H3,(H,25,31). The Morgan fingerprint density at radius 1 is 0.971 bits per heavy atom. The van der Waals surface area contributed by atoms with Gasteiger partial charge in [0, 0.05) is 63.9 Å². The molecule has 0 saturated carbocycles. The van der Waals surface area contributed by atoms with Gasteiger partial charge in [-0.05, 0) is 42.3 Å². The van der Waals surface area contributed by atoms with Crippen LogP contribution in [0.15, 0.2) is 53.4 Å². The van der Waals surface area contributed by atoms with Crippen molar-refractivity contribution < 1.29 is 22.8 Å². The normalized spacial score (nSPS) is 17.1. The number of hydrogen-bond acceptors (Lipinski definition) is 5. The number of benzene rings is 2. The summed E-state index contributed by atoms with van der Waals surface area (Å²) in [5, 5.41) is 2.82. The van der Waals surface area contributed by atoms with Crippen LogP contribution in [0.2, 0.25) is 0 Å². The number of nitrogens with zero attached hydrogens (tertiary/aromatic N) is 3. The molecule has 10 heteroatoms. The molecule has 0 spiro atoms. The van der Waals surface area contributed by atoms with Crippen LogP contribution in [0.3, 0.4) is 0 Å². The molecule has 2 aliphatic heterocycles. The van der Waals surface area contributed by atoms with E-state index in [0.29, 0.717) is 19.5 Å². The SMILES string of the molecule is CC(=O)N1CCN(S(=O)(=O)c2cccc(C(=O)NCc3ccc(N4CCCC4=O)cc3)c2)CC1. The van der Waals surface area contributed by atoms with E-state index < -0.39 is 10.0 Å². The maximum absolute atomic E-state index is 13.0. The summed E-state index contributed by atoms with van der Waals surface area (Å²) in [5.41, 5.74) is 1.97. The van der Waals surface area contributed by atoms with Crippen molar-refractivity contribution in [1.29, 1.82) is 0 Å². The fourth-order valence-corrected chi connectivity index (χ4v) is 5.66. The lowest BCUT2D eigenvalue weighted by atomic mass is 10.1. The van der Waals surface area contributed by atoms with Crippen LogP contribution >= 0.6 is 0 Å². The summed E-state index contributed by atoms with van der Waals surface area (Å²) in [6.45, 7) is 3.60. The summed E-state index contributed by atoms with van der Waals surface area (Å²) in [6, 6.07) is 13.4. The van der Waals surface area contributed by atoms with Crippen LogP contribution in [-0.2, 0) is 26.2 Å². The minimum Gasteiger partial charge on any atom is -0.348 e. The highest BCUT2D eigenvalue weighted by Crippen LogP contribution is 2.22. The molecule has 2 aromatic carbocycles. The van der Waals surface area contributed by atoms with Crippen molar-refractivity contribution in [3.63, 3.8) is 0 Å². The van der Waals surface area contributed by atoms with Crippen molar-refractivity contribution in [2.24, 2.45) is 0 Å². The lowest BCUT2D eigenvalue weighted by Gasteiger charge is -2.33. The van der Waals surface area contributed by atoms with Crippen molar-refractivity contribution in [1.82, 2.24) is 14.5 Å². The molecule has 0 radical (unpaired) electrons. The highest BCUT2D eigenvalue weighted by molar-refractivity contribution is 7.89. The maximum Gasteiger partial charge on any atom is 0.251 e. The van der Waals surface area contributed by atoms with Gasteiger partial charge in [-0.3, -0.25) is 14.4 Å². The molecule has 0 unspecified atom stereocenters. The molecular formula is C24H28N4O5S. The number of sulfonamides is 1. The maximum atomic E-state index is 13.0. The van der Waals surface area contributed by atoms with Crippen LogP contribution in [0.25, 0.3) is 0 Å². The van der Waals surface area contributed by atoms with E-state index in [1.807, 2.05) is 24.3 Å². The van der Waals surface area contributed by atoms with E-state index in [4.69, 9.17) is 0 Å². The van der Waals surface area contributed by atoms with Crippen LogP contribution in [0, 0.1) is 0 Å². The predicted octanol–water partition coefficient (Wildman–Crippen LogP) is 1.60. The van der Waals surface area contributed by atoms with Gasteiger partial charge < -0.3 is 15.1 Å². The third-order valence-corrected chi connectivity index (χ3v) is 8.09. The van der Waals surface area contributed by atoms with Gasteiger partial charge in [-0.15, -0.1) is 0 Å². The number of carbonyl (C=O) groups is 3. The Balaban J connectivity index is 1.38. The molecule has 2 fully saturated rings. The smallest absolute Gasteiger partial charge is 0.251 e. The molecule has 9 nitrogen and oxygen atoms in total. The zero-order valence-corrected chi connectivity index (χ0v) is 19.9. The molecule has 2 aromatic rings. The summed E-state index contributed by atoms with van der Waals surface area (Å²) in [6.07, 6.45) is 1.43. The Bertz CT molecular complexity index is 1190. The summed E-state index contributed by atoms with van der Waals surface area (Å²) < 4.78 is 27.4. The number of carbonyl (C=O) groups excluding carboxylic acids is 3. The van der Waals surface area contributed by atoms with E-state index >= 15 is 0 Å². The number of piperazine rings is 1. The second kappa shape index (κ2) is 9.94. The first-order chi connectivity index (χ1) is 16.3. The van der Waals surface area contributed by atoms with E-state index in [0.717, 1.165) is 24.2 Å². The van der Waals surface area contributed by atoms with Gasteiger partial charge >= 0.3 is 0 Å². The van der Waals surface area contributed by atoms with Crippen LogP contribution in [0.5, 0.6) is 0 Å². The summed E-state index contributed by atoms with van der Waals surface area (Å²) in [7, 11) is -3.77. The minimum atomic E-state index is -3.77. The minimum absolute atomic E-state index is 0.0519. The zero-order valence-electron chi connectivity index (χ0n) is 19.1. The van der Waals surface area contributed by atoms with Crippen molar-refractivity contribution in [2.75, 3.05) is 37.6 Å². The molecule has 2 aliphatic rings. The van der Waals surface area contributed by atoms with Crippen LogP contribution in [0.1, 0.15) is 35.7 Å². The van der Waals surface area contributed by atoms with E-state index in [9.17, 15) is 22.8 Å². The van der Waals surface area contributed by atoms with E-state index in [1.165, 1.54) is 23.4 Å². The Labute approximate surface area is 199 Å². The number of hydrogen-bond donors (Lipinski definition) is 1. The fraction of sp³-hybridized carbons (Fsp3) is 0.375. The molecule has 180 valence electrons. The van der Waals surface area contributed by atoms with Gasteiger partial charge in [0.05, 0.1) is 4.90 Å². The van der Waals surface area contributed by atoms with Gasteiger partial charge in [0.15, 0.2) is 0 Å². The second-order valence-electron chi connectivity index (χ2n) is 8.44. The first-order valence-corrected chi connectivity index (χ1v) is 12.7. The molecule has 2 saturated heterocycles. The summed E-state index contributed by atoms with van der Waals surface area (Å²) in [4.78, 5) is 39.5. The van der Waals surface area contributed by atoms with E-state index in [1.54, 1.807) is 21.9 Å². The number of amides is 3. The Morgan fingerprint density at radius 2 is 1.68 bits per heavy atom. The fourth-order valence-electron chi connectivity index (χ4n) is 4.19. The summed E-state index contributed by atoms with van der Waals surface area (Å²) in [5.74, 6) is -0.330. The van der Waals surface area contributed by atoms with Crippen LogP contribution < -0.4 is 10.2 Å². The molecule has 0 aliphatic carbocycles. The second-order valence-corrected chi connectivity index (χ2v) is 10.4. The molecule has 2 heterocycles. The first kappa shape index (κ1) is 23.9. The number of anilines is 1. The number of nitrogens with one attached hydrogen (secondary N) is 1. The topological polar surface area (TPSA) is 107 Å². The van der Waals surface area contributed by atoms with Crippen LogP contribution in [0.4, 0.5) is 5.69 Å². The molecule has 1 N–H and O–H groups in total. The van der Waals surface area contributed by atoms with Gasteiger partial charge in [-0.2, -0.15) is 4.31 Å². The van der Waals surface area contributed by atoms with E-state index in [2.05, 4.69) is 5.32 Å². The van der Waals surface area contributed by atoms with Gasteiger partial charge in [0.25, 0.3) is 5.91 Å². The van der Waals surface area contributed by atoms with Gasteiger partial charge in [0.2, 0.25) is 21.8 Å². The molecular weight excluding hydrogens is 456 g/mol. The molecule has 3 amide bonds. The molecule has 0 aromatic heterocycles. The number of rotatable bonds is 6. The van der Waals surface area contributed by atoms with Gasteiger partial charge in [-0.1, -0.05) is 18.2 Å². The summed E-state index contributed by atoms with van der Waals surface area (Å²) >= 11 is 0. The lowest BCUT2D eigenvalue weighted by molar-refractivity contribution is -0.130. The van der Waals surface area contributed by atoms with Crippen molar-refractivity contribution in [3.05, 3.63) is 59.7 Å². The van der Waals surface area contributed by atoms with Gasteiger partial charge in [0.1, 0.15) is 0 Å². The molecule has 4 rings (SSSR count). The van der Waals surface area contributed by atoms with Crippen molar-refractivity contribution in [2.45, 2.75) is 31.2 Å². The quantitative estimate of drug-likeness (QED) is 0.670. The highest BCUT2D eigenvalue weighted by atomic mass is 32.2. The monoisotopic (exact) mass is 484 g/mol.